The average molecular weight is 451 g/mol. The van der Waals surface area contributed by atoms with Gasteiger partial charge in [-0.25, -0.2) is 9.97 Å². The highest BCUT2D eigenvalue weighted by Crippen LogP contribution is 2.29. The first kappa shape index (κ1) is 20.6. The van der Waals surface area contributed by atoms with Gasteiger partial charge >= 0.3 is 6.18 Å². The third-order valence-electron chi connectivity index (χ3n) is 4.97. The molecule has 0 fully saturated rings. The number of halogens is 3. The van der Waals surface area contributed by atoms with Crippen molar-refractivity contribution in [3.63, 3.8) is 0 Å². The summed E-state index contributed by atoms with van der Waals surface area (Å²) in [6, 6.07) is 15.4. The number of pyridine rings is 1. The van der Waals surface area contributed by atoms with E-state index in [4.69, 9.17) is 4.74 Å². The van der Waals surface area contributed by atoms with Crippen LogP contribution in [0, 0.1) is 0 Å². The van der Waals surface area contributed by atoms with Gasteiger partial charge < -0.3 is 14.1 Å². The molecule has 2 aromatic carbocycles. The predicted octanol–water partition coefficient (Wildman–Crippen LogP) is 5.06. The molecular weight excluding hydrogens is 435 g/mol. The molecule has 1 amide bonds. The molecule has 0 spiro atoms. The Morgan fingerprint density at radius 2 is 1.88 bits per heavy atom. The fraction of sp³-hybridized carbons (Fsp3) is 0.0870. The third-order valence-corrected chi connectivity index (χ3v) is 4.97. The smallest absolute Gasteiger partial charge is 0.416 e. The number of nitrogens with one attached hydrogen (secondary N) is 2. The van der Waals surface area contributed by atoms with E-state index in [0.29, 0.717) is 28.0 Å². The van der Waals surface area contributed by atoms with Crippen LogP contribution in [-0.4, -0.2) is 25.3 Å². The van der Waals surface area contributed by atoms with E-state index < -0.39 is 17.6 Å². The molecule has 3 heterocycles. The Hall–Kier alpha value is -4.34. The van der Waals surface area contributed by atoms with Crippen molar-refractivity contribution in [1.29, 1.82) is 0 Å². The molecule has 2 N–H and O–H groups in total. The van der Waals surface area contributed by atoms with Crippen molar-refractivity contribution in [3.05, 3.63) is 89.9 Å². The van der Waals surface area contributed by atoms with Gasteiger partial charge in [0.1, 0.15) is 23.7 Å². The molecule has 3 aromatic heterocycles. The lowest BCUT2D eigenvalue weighted by atomic mass is 10.1. The number of rotatable bonds is 5. The Balaban J connectivity index is 1.27. The number of amides is 1. The van der Waals surface area contributed by atoms with Gasteiger partial charge in [0, 0.05) is 18.5 Å². The molecule has 0 atom stereocenters. The highest BCUT2D eigenvalue weighted by atomic mass is 19.4. The molecule has 7 nitrogen and oxygen atoms in total. The minimum absolute atomic E-state index is 0.103. The normalized spacial score (nSPS) is 11.7. The highest BCUT2D eigenvalue weighted by molar-refractivity contribution is 6.03. The Kier molecular flexibility index (Phi) is 4.97. The largest absolute Gasteiger partial charge is 0.489 e. The molecule has 5 aromatic rings. The lowest BCUT2D eigenvalue weighted by Gasteiger charge is -2.09. The van der Waals surface area contributed by atoms with Crippen LogP contribution in [0.15, 0.2) is 73.1 Å². The number of imidazole rings is 2. The SMILES string of the molecule is O=C(Nc1nc2cc(OCc3ccc(C(F)(F)F)cc3)ccc2[nH]1)c1cn2ccccc2n1. The molecule has 10 heteroatoms. The average Bonchev–Trinajstić information content (AvgIpc) is 3.40. The first-order valence-corrected chi connectivity index (χ1v) is 9.89. The third kappa shape index (κ3) is 4.36. The van der Waals surface area contributed by atoms with Crippen LogP contribution in [0.2, 0.25) is 0 Å². The van der Waals surface area contributed by atoms with E-state index in [0.717, 1.165) is 12.1 Å². The summed E-state index contributed by atoms with van der Waals surface area (Å²) < 4.78 is 45.4. The molecule has 0 saturated carbocycles. The number of carbonyl (C=O) groups is 1. The van der Waals surface area contributed by atoms with Crippen LogP contribution in [0.25, 0.3) is 16.7 Å². The van der Waals surface area contributed by atoms with Gasteiger partial charge in [0.15, 0.2) is 0 Å². The summed E-state index contributed by atoms with van der Waals surface area (Å²) in [4.78, 5) is 24.2. The van der Waals surface area contributed by atoms with Gasteiger partial charge in [-0.1, -0.05) is 18.2 Å². The Morgan fingerprint density at radius 1 is 1.06 bits per heavy atom. The Labute approximate surface area is 184 Å². The molecule has 166 valence electrons. The summed E-state index contributed by atoms with van der Waals surface area (Å²) in [5.74, 6) is 0.343. The fourth-order valence-corrected chi connectivity index (χ4v) is 3.31. The topological polar surface area (TPSA) is 84.3 Å². The molecule has 0 aliphatic carbocycles. The summed E-state index contributed by atoms with van der Waals surface area (Å²) in [5, 5.41) is 2.69. The monoisotopic (exact) mass is 451 g/mol. The van der Waals surface area contributed by atoms with Crippen molar-refractivity contribution in [1.82, 2.24) is 19.4 Å². The van der Waals surface area contributed by atoms with E-state index in [1.54, 1.807) is 41.1 Å². The second-order valence-corrected chi connectivity index (χ2v) is 7.29. The highest BCUT2D eigenvalue weighted by Gasteiger charge is 2.29. The molecule has 0 aliphatic rings. The number of hydrogen-bond donors (Lipinski definition) is 2. The number of benzene rings is 2. The number of aromatic amines is 1. The quantitative estimate of drug-likeness (QED) is 0.391. The van der Waals surface area contributed by atoms with Crippen LogP contribution < -0.4 is 10.1 Å². The van der Waals surface area contributed by atoms with Gasteiger partial charge in [0.2, 0.25) is 5.95 Å². The first-order chi connectivity index (χ1) is 15.8. The number of ether oxygens (including phenoxy) is 1. The van der Waals surface area contributed by atoms with Crippen LogP contribution >= 0.6 is 0 Å². The maximum absolute atomic E-state index is 12.7. The van der Waals surface area contributed by atoms with Crippen molar-refractivity contribution in [3.8, 4) is 5.75 Å². The van der Waals surface area contributed by atoms with Gasteiger partial charge in [-0.3, -0.25) is 10.1 Å². The van der Waals surface area contributed by atoms with E-state index in [-0.39, 0.29) is 18.2 Å². The lowest BCUT2D eigenvalue weighted by Crippen LogP contribution is -2.13. The van der Waals surface area contributed by atoms with Crippen molar-refractivity contribution >= 4 is 28.5 Å². The van der Waals surface area contributed by atoms with Gasteiger partial charge in [-0.2, -0.15) is 13.2 Å². The van der Waals surface area contributed by atoms with Crippen molar-refractivity contribution in [2.75, 3.05) is 5.32 Å². The molecule has 33 heavy (non-hydrogen) atoms. The zero-order valence-electron chi connectivity index (χ0n) is 16.9. The van der Waals surface area contributed by atoms with Crippen LogP contribution in [0.5, 0.6) is 5.75 Å². The van der Waals surface area contributed by atoms with E-state index in [1.165, 1.54) is 12.1 Å². The maximum Gasteiger partial charge on any atom is 0.416 e. The van der Waals surface area contributed by atoms with Crippen molar-refractivity contribution < 1.29 is 22.7 Å². The molecule has 0 bridgehead atoms. The second-order valence-electron chi connectivity index (χ2n) is 7.29. The van der Waals surface area contributed by atoms with Crippen LogP contribution in [-0.2, 0) is 12.8 Å². The first-order valence-electron chi connectivity index (χ1n) is 9.89. The molecule has 0 unspecified atom stereocenters. The van der Waals surface area contributed by atoms with E-state index >= 15 is 0 Å². The van der Waals surface area contributed by atoms with Crippen molar-refractivity contribution in [2.45, 2.75) is 12.8 Å². The van der Waals surface area contributed by atoms with Crippen LogP contribution in [0.1, 0.15) is 21.6 Å². The molecule has 5 rings (SSSR count). The van der Waals surface area contributed by atoms with E-state index in [1.807, 2.05) is 12.1 Å². The summed E-state index contributed by atoms with van der Waals surface area (Å²) in [6.07, 6.45) is -0.949. The lowest BCUT2D eigenvalue weighted by molar-refractivity contribution is -0.137. The van der Waals surface area contributed by atoms with E-state index in [2.05, 4.69) is 20.3 Å². The van der Waals surface area contributed by atoms with E-state index in [9.17, 15) is 18.0 Å². The fourth-order valence-electron chi connectivity index (χ4n) is 3.31. The molecule has 0 aliphatic heterocycles. The molecular formula is C23H16F3N5O2. The zero-order valence-corrected chi connectivity index (χ0v) is 16.9. The van der Waals surface area contributed by atoms with Crippen LogP contribution in [0.4, 0.5) is 19.1 Å². The number of H-pyrrole nitrogens is 1. The number of carbonyl (C=O) groups excluding carboxylic acids is 1. The minimum Gasteiger partial charge on any atom is -0.489 e. The van der Waals surface area contributed by atoms with Gasteiger partial charge in [-0.05, 0) is 42.0 Å². The Bertz CT molecular complexity index is 1420. The van der Waals surface area contributed by atoms with Crippen LogP contribution in [0.3, 0.4) is 0 Å². The number of anilines is 1. The summed E-state index contributed by atoms with van der Waals surface area (Å²) >= 11 is 0. The number of nitrogens with zero attached hydrogens (tertiary/aromatic N) is 3. The predicted molar refractivity (Wildman–Crippen MR) is 115 cm³/mol. The van der Waals surface area contributed by atoms with Gasteiger partial charge in [-0.15, -0.1) is 0 Å². The summed E-state index contributed by atoms with van der Waals surface area (Å²) in [6.45, 7) is 0.103. The minimum atomic E-state index is -4.37. The summed E-state index contributed by atoms with van der Waals surface area (Å²) in [5.41, 5.74) is 2.05. The maximum atomic E-state index is 12.7. The number of aromatic nitrogens is 4. The molecule has 0 radical (unpaired) electrons. The van der Waals surface area contributed by atoms with Gasteiger partial charge in [0.25, 0.3) is 5.91 Å². The summed E-state index contributed by atoms with van der Waals surface area (Å²) in [7, 11) is 0. The number of hydrogen-bond acceptors (Lipinski definition) is 4. The number of fused-ring (bicyclic) bond motifs is 2. The Morgan fingerprint density at radius 3 is 2.64 bits per heavy atom. The van der Waals surface area contributed by atoms with Crippen molar-refractivity contribution in [2.24, 2.45) is 0 Å². The van der Waals surface area contributed by atoms with Gasteiger partial charge in [0.05, 0.1) is 16.6 Å². The second kappa shape index (κ2) is 7.97. The standard InChI is InChI=1S/C23H16F3N5O2/c24-23(25,26)15-6-4-14(5-7-15)13-33-16-8-9-17-18(11-16)29-22(28-17)30-21(32)19-12-31-10-2-1-3-20(31)27-19/h1-12H,13H2,(H2,28,29,30,32). The number of alkyl halides is 3. The molecule has 0 saturated heterocycles. The zero-order chi connectivity index (χ0) is 23.0.